The highest BCUT2D eigenvalue weighted by Crippen LogP contribution is 2.68. The van der Waals surface area contributed by atoms with E-state index in [-0.39, 0.29) is 41.9 Å². The van der Waals surface area contributed by atoms with Crippen LogP contribution < -0.4 is 0 Å². The molecule has 0 fully saturated rings. The average molecular weight is 885 g/mol. The third-order valence-corrected chi connectivity index (χ3v) is 19.3. The molecule has 1 N–H and O–H groups in total. The summed E-state index contributed by atoms with van der Waals surface area (Å²) in [7, 11) is 1.63. The molecule has 0 radical (unpaired) electrons. The van der Waals surface area contributed by atoms with Crippen LogP contribution in [0, 0.1) is 55.7 Å². The highest BCUT2D eigenvalue weighted by Gasteiger charge is 2.65. The summed E-state index contributed by atoms with van der Waals surface area (Å²) in [5, 5.41) is 11.4. The summed E-state index contributed by atoms with van der Waals surface area (Å²) in [5.41, 5.74) is -2.60. The number of carbonyl (C=O) groups is 3. The molecule has 0 heterocycles. The minimum atomic E-state index is -0.892. The van der Waals surface area contributed by atoms with E-state index < -0.39 is 44.9 Å². The monoisotopic (exact) mass is 885 g/mol. The zero-order valence-corrected chi connectivity index (χ0v) is 44.2. The summed E-state index contributed by atoms with van der Waals surface area (Å²) in [5.74, 6) is -1.96. The SMILES string of the molecule is CCC(CC)C(CC)(CC)C(C)(CC(CC)(CC)C(CC)(CC)C(CC(CC)(CC)C(CC)(CC)C(CC(C)(CC)CC)C(=O)O)C(=O)OCCOC)C(=O)OCc1ccccc1. The van der Waals surface area contributed by atoms with Gasteiger partial charge in [0.25, 0.3) is 0 Å². The number of carboxylic acids is 1. The molecule has 0 amide bonds. The number of aliphatic carboxylic acids is 1. The summed E-state index contributed by atoms with van der Waals surface area (Å²) in [4.78, 5) is 44.8. The fraction of sp³-hybridized carbons (Fsp3) is 0.839. The number of rotatable bonds is 34. The molecular weight excluding hydrogens is 785 g/mol. The summed E-state index contributed by atoms with van der Waals surface area (Å²) in [6.07, 6.45) is 12.9. The van der Waals surface area contributed by atoms with Crippen LogP contribution in [0.1, 0.15) is 225 Å². The summed E-state index contributed by atoms with van der Waals surface area (Å²) in [6.45, 7) is 36.4. The summed E-state index contributed by atoms with van der Waals surface area (Å²) >= 11 is 0. The van der Waals surface area contributed by atoms with Gasteiger partial charge >= 0.3 is 17.9 Å². The highest BCUT2D eigenvalue weighted by molar-refractivity contribution is 5.78. The summed E-state index contributed by atoms with van der Waals surface area (Å²) in [6, 6.07) is 9.98. The Balaban J connectivity index is 4.58. The largest absolute Gasteiger partial charge is 0.481 e. The molecule has 0 bridgehead atoms. The fourth-order valence-corrected chi connectivity index (χ4v) is 14.5. The Morgan fingerprint density at radius 2 is 1.02 bits per heavy atom. The molecule has 0 aliphatic carbocycles. The second-order valence-corrected chi connectivity index (χ2v) is 20.2. The van der Waals surface area contributed by atoms with Crippen LogP contribution in [0.5, 0.6) is 0 Å². The van der Waals surface area contributed by atoms with Gasteiger partial charge in [-0.1, -0.05) is 160 Å². The fourth-order valence-electron chi connectivity index (χ4n) is 14.5. The van der Waals surface area contributed by atoms with Gasteiger partial charge in [0.05, 0.1) is 23.9 Å². The van der Waals surface area contributed by atoms with Gasteiger partial charge in [-0.15, -0.1) is 0 Å². The smallest absolute Gasteiger partial charge is 0.312 e. The molecule has 1 aromatic rings. The first kappa shape index (κ1) is 58.6. The molecule has 0 spiro atoms. The van der Waals surface area contributed by atoms with Crippen LogP contribution in [0.15, 0.2) is 30.3 Å². The van der Waals surface area contributed by atoms with Crippen molar-refractivity contribution in [2.24, 2.45) is 55.7 Å². The summed E-state index contributed by atoms with van der Waals surface area (Å²) < 4.78 is 18.3. The van der Waals surface area contributed by atoms with E-state index in [1.54, 1.807) is 7.11 Å². The van der Waals surface area contributed by atoms with Gasteiger partial charge < -0.3 is 19.3 Å². The number of carbonyl (C=O) groups excluding carboxylic acids is 2. The Morgan fingerprint density at radius 1 is 0.556 bits per heavy atom. The number of esters is 2. The normalized spacial score (nSPS) is 15.2. The van der Waals surface area contributed by atoms with Gasteiger partial charge in [-0.2, -0.15) is 0 Å². The lowest BCUT2D eigenvalue weighted by molar-refractivity contribution is -0.191. The van der Waals surface area contributed by atoms with Gasteiger partial charge in [0, 0.05) is 7.11 Å². The Bertz CT molecular complexity index is 1460. The number of hydrogen-bond donors (Lipinski definition) is 1. The van der Waals surface area contributed by atoms with Crippen LogP contribution in [0.3, 0.4) is 0 Å². The number of hydrogen-bond acceptors (Lipinski definition) is 6. The lowest BCUT2D eigenvalue weighted by atomic mass is 9.41. The van der Waals surface area contributed by atoms with Crippen LogP contribution in [-0.4, -0.2) is 43.3 Å². The topological polar surface area (TPSA) is 99.1 Å². The molecule has 3 unspecified atom stereocenters. The molecule has 1 rings (SSSR count). The Morgan fingerprint density at radius 3 is 1.40 bits per heavy atom. The van der Waals surface area contributed by atoms with E-state index in [9.17, 15) is 9.90 Å². The zero-order chi connectivity index (χ0) is 48.3. The quantitative estimate of drug-likeness (QED) is 0.0543. The second-order valence-electron chi connectivity index (χ2n) is 20.2. The molecule has 7 heteroatoms. The molecule has 0 aromatic heterocycles. The van der Waals surface area contributed by atoms with Crippen molar-refractivity contribution in [3.8, 4) is 0 Å². The van der Waals surface area contributed by atoms with E-state index in [1.807, 2.05) is 30.3 Å². The maximum atomic E-state index is 15.5. The average Bonchev–Trinajstić information content (AvgIpc) is 3.31. The minimum Gasteiger partial charge on any atom is -0.481 e. The molecule has 0 aliphatic heterocycles. The lowest BCUT2D eigenvalue weighted by Crippen LogP contribution is -2.59. The molecule has 7 nitrogen and oxygen atoms in total. The predicted octanol–water partition coefficient (Wildman–Crippen LogP) is 15.7. The first-order valence-electron chi connectivity index (χ1n) is 25.9. The van der Waals surface area contributed by atoms with Gasteiger partial charge in [0.1, 0.15) is 13.2 Å². The van der Waals surface area contributed by atoms with Crippen molar-refractivity contribution >= 4 is 17.9 Å². The Hall–Kier alpha value is -2.41. The third kappa shape index (κ3) is 11.6. The molecule has 0 aliphatic rings. The first-order chi connectivity index (χ1) is 29.8. The maximum Gasteiger partial charge on any atom is 0.312 e. The lowest BCUT2D eigenvalue weighted by Gasteiger charge is -2.62. The van der Waals surface area contributed by atoms with Gasteiger partial charge in [0.15, 0.2) is 0 Å². The molecular formula is C56H100O7. The first-order valence-corrected chi connectivity index (χ1v) is 25.9. The number of methoxy groups -OCH3 is 1. The van der Waals surface area contributed by atoms with Crippen molar-refractivity contribution in [2.75, 3.05) is 20.3 Å². The predicted molar refractivity (Wildman–Crippen MR) is 263 cm³/mol. The van der Waals surface area contributed by atoms with Crippen LogP contribution in [0.2, 0.25) is 0 Å². The van der Waals surface area contributed by atoms with E-state index in [1.165, 1.54) is 0 Å². The standard InChI is InChI=1S/C56H100O7/c1-18-44(19-2)54(26-9,27-10)51(16,49(60)63-41-43-35-33-32-34-36-43)42-53(24-7,25-8)56(30-13,31-14)46(48(59)62-38-37-61-17)40-52(22-5,23-6)55(28-11,29-12)45(47(57)58)39-50(15,20-3)21-4/h32-36,44-46H,18-31,37-42H2,1-17H3,(H,57,58). The van der Waals surface area contributed by atoms with E-state index >= 15 is 9.59 Å². The van der Waals surface area contributed by atoms with Crippen LogP contribution >= 0.6 is 0 Å². The Kier molecular flexibility index (Phi) is 24.2. The van der Waals surface area contributed by atoms with Crippen molar-refractivity contribution in [3.05, 3.63) is 35.9 Å². The van der Waals surface area contributed by atoms with Gasteiger partial charge in [-0.3, -0.25) is 14.4 Å². The minimum absolute atomic E-state index is 0.125. The second kappa shape index (κ2) is 26.1. The number of benzene rings is 1. The van der Waals surface area contributed by atoms with E-state index in [2.05, 4.69) is 111 Å². The van der Waals surface area contributed by atoms with Crippen LogP contribution in [-0.2, 0) is 35.2 Å². The molecule has 63 heavy (non-hydrogen) atoms. The maximum absolute atomic E-state index is 15.5. The molecule has 3 atom stereocenters. The van der Waals surface area contributed by atoms with Gasteiger partial charge in [0.2, 0.25) is 0 Å². The third-order valence-electron chi connectivity index (χ3n) is 19.3. The number of carboxylic acid groups (broad SMARTS) is 1. The van der Waals surface area contributed by atoms with E-state index in [0.29, 0.717) is 51.6 Å². The highest BCUT2D eigenvalue weighted by atomic mass is 16.6. The van der Waals surface area contributed by atoms with Crippen molar-refractivity contribution in [1.29, 1.82) is 0 Å². The van der Waals surface area contributed by atoms with Crippen molar-refractivity contribution in [3.63, 3.8) is 0 Å². The molecule has 1 aromatic carbocycles. The van der Waals surface area contributed by atoms with Crippen LogP contribution in [0.25, 0.3) is 0 Å². The van der Waals surface area contributed by atoms with Gasteiger partial charge in [-0.05, 0) is 134 Å². The van der Waals surface area contributed by atoms with Crippen LogP contribution in [0.4, 0.5) is 0 Å². The van der Waals surface area contributed by atoms with Crippen molar-refractivity contribution < 1.29 is 33.7 Å². The number of ether oxygens (including phenoxy) is 3. The van der Waals surface area contributed by atoms with Crippen molar-refractivity contribution in [2.45, 2.75) is 227 Å². The van der Waals surface area contributed by atoms with Crippen molar-refractivity contribution in [1.82, 2.24) is 0 Å². The zero-order valence-electron chi connectivity index (χ0n) is 44.2. The molecule has 0 saturated carbocycles. The van der Waals surface area contributed by atoms with E-state index in [4.69, 9.17) is 14.2 Å². The molecule has 0 saturated heterocycles. The van der Waals surface area contributed by atoms with Gasteiger partial charge in [-0.25, -0.2) is 0 Å². The van der Waals surface area contributed by atoms with E-state index in [0.717, 1.165) is 69.8 Å². The molecule has 366 valence electrons. The Labute approximate surface area is 388 Å².